The Labute approximate surface area is 143 Å². The van der Waals surface area contributed by atoms with Crippen molar-refractivity contribution in [1.29, 1.82) is 0 Å². The zero-order valence-corrected chi connectivity index (χ0v) is 14.2. The molecule has 1 amide bonds. The van der Waals surface area contributed by atoms with Crippen LogP contribution in [-0.2, 0) is 6.42 Å². The number of benzene rings is 1. The molecule has 0 unspecified atom stereocenters. The van der Waals surface area contributed by atoms with Gasteiger partial charge in [-0.05, 0) is 31.9 Å². The lowest BCUT2D eigenvalue weighted by molar-refractivity contribution is 0.100. The standard InChI is InChI=1S/C18H19FN4O2/c1-4-11-14(19)16-10(7-22-11)13(18(21)25)17(20)23(16)15-8(2)5-6-12(24)9(15)3/h5-7,24H,4,20H2,1-3H3,(H2,21,25). The molecule has 130 valence electrons. The molecule has 7 heteroatoms. The molecule has 1 aromatic carbocycles. The molecular formula is C18H19FN4O2. The number of rotatable bonds is 3. The van der Waals surface area contributed by atoms with Crippen molar-refractivity contribution in [2.24, 2.45) is 5.73 Å². The molecule has 2 aromatic heterocycles. The van der Waals surface area contributed by atoms with Crippen molar-refractivity contribution < 1.29 is 14.3 Å². The van der Waals surface area contributed by atoms with Crippen LogP contribution in [0, 0.1) is 19.7 Å². The zero-order chi connectivity index (χ0) is 18.5. The number of pyridine rings is 1. The summed E-state index contributed by atoms with van der Waals surface area (Å²) in [4.78, 5) is 16.0. The van der Waals surface area contributed by atoms with Crippen molar-refractivity contribution >= 4 is 22.6 Å². The van der Waals surface area contributed by atoms with E-state index < -0.39 is 11.7 Å². The maximum Gasteiger partial charge on any atom is 0.253 e. The molecule has 0 fully saturated rings. The zero-order valence-electron chi connectivity index (χ0n) is 14.2. The van der Waals surface area contributed by atoms with E-state index in [1.54, 1.807) is 26.0 Å². The minimum atomic E-state index is -0.762. The largest absolute Gasteiger partial charge is 0.508 e. The van der Waals surface area contributed by atoms with Crippen LogP contribution in [0.1, 0.15) is 34.1 Å². The molecule has 0 radical (unpaired) electrons. The Morgan fingerprint density at radius 2 is 2.04 bits per heavy atom. The van der Waals surface area contributed by atoms with Crippen molar-refractivity contribution in [3.63, 3.8) is 0 Å². The highest BCUT2D eigenvalue weighted by Crippen LogP contribution is 2.37. The predicted molar refractivity (Wildman–Crippen MR) is 94.5 cm³/mol. The van der Waals surface area contributed by atoms with Gasteiger partial charge < -0.3 is 16.6 Å². The Morgan fingerprint density at radius 3 is 2.64 bits per heavy atom. The normalized spacial score (nSPS) is 11.2. The van der Waals surface area contributed by atoms with Gasteiger partial charge in [0.15, 0.2) is 5.82 Å². The lowest BCUT2D eigenvalue weighted by Crippen LogP contribution is -2.14. The number of nitrogens with zero attached hydrogens (tertiary/aromatic N) is 2. The molecule has 25 heavy (non-hydrogen) atoms. The maximum atomic E-state index is 15.1. The molecule has 0 saturated heterocycles. The van der Waals surface area contributed by atoms with Crippen molar-refractivity contribution in [2.45, 2.75) is 27.2 Å². The van der Waals surface area contributed by atoms with E-state index in [2.05, 4.69) is 4.98 Å². The van der Waals surface area contributed by atoms with Crippen LogP contribution < -0.4 is 11.5 Å². The Kier molecular flexibility index (Phi) is 3.87. The van der Waals surface area contributed by atoms with E-state index in [0.717, 1.165) is 5.56 Å². The first-order chi connectivity index (χ1) is 11.8. The first-order valence-corrected chi connectivity index (χ1v) is 7.86. The van der Waals surface area contributed by atoms with Gasteiger partial charge >= 0.3 is 0 Å². The Bertz CT molecular complexity index is 1020. The second-order valence-corrected chi connectivity index (χ2v) is 5.97. The van der Waals surface area contributed by atoms with E-state index in [9.17, 15) is 9.90 Å². The summed E-state index contributed by atoms with van der Waals surface area (Å²) in [6.45, 7) is 5.30. The molecule has 3 rings (SSSR count). The summed E-state index contributed by atoms with van der Waals surface area (Å²) in [6, 6.07) is 3.26. The summed E-state index contributed by atoms with van der Waals surface area (Å²) < 4.78 is 16.5. The number of aryl methyl sites for hydroxylation is 2. The van der Waals surface area contributed by atoms with E-state index in [1.807, 2.05) is 6.92 Å². The van der Waals surface area contributed by atoms with Gasteiger partial charge in [-0.15, -0.1) is 0 Å². The summed E-state index contributed by atoms with van der Waals surface area (Å²) in [5.41, 5.74) is 13.9. The van der Waals surface area contributed by atoms with Crippen LogP contribution in [0.3, 0.4) is 0 Å². The summed E-state index contributed by atoms with van der Waals surface area (Å²) in [6.07, 6.45) is 1.80. The molecule has 0 atom stereocenters. The van der Waals surface area contributed by atoms with Crippen LogP contribution in [0.15, 0.2) is 18.3 Å². The lowest BCUT2D eigenvalue weighted by Gasteiger charge is -2.16. The highest BCUT2D eigenvalue weighted by Gasteiger charge is 2.26. The number of carbonyl (C=O) groups is 1. The number of aromatic hydroxyl groups is 1. The van der Waals surface area contributed by atoms with Crippen LogP contribution in [-0.4, -0.2) is 20.6 Å². The number of carbonyl (C=O) groups excluding carboxylic acids is 1. The van der Waals surface area contributed by atoms with Gasteiger partial charge in [0.25, 0.3) is 5.91 Å². The van der Waals surface area contributed by atoms with E-state index in [-0.39, 0.29) is 33.7 Å². The summed E-state index contributed by atoms with van der Waals surface area (Å²) in [7, 11) is 0. The molecule has 0 bridgehead atoms. The molecule has 0 aliphatic carbocycles. The average molecular weight is 342 g/mol. The van der Waals surface area contributed by atoms with Crippen molar-refractivity contribution in [3.8, 4) is 11.4 Å². The first-order valence-electron chi connectivity index (χ1n) is 7.86. The van der Waals surface area contributed by atoms with Crippen molar-refractivity contribution in [2.75, 3.05) is 5.73 Å². The number of phenolic OH excluding ortho intramolecular Hbond substituents is 1. The molecule has 0 spiro atoms. The number of aromatic nitrogens is 2. The number of phenols is 1. The van der Waals surface area contributed by atoms with Gasteiger partial charge in [0.05, 0.1) is 22.5 Å². The number of hydrogen-bond donors (Lipinski definition) is 3. The van der Waals surface area contributed by atoms with Gasteiger partial charge in [0, 0.05) is 17.1 Å². The molecule has 6 nitrogen and oxygen atoms in total. The minimum absolute atomic E-state index is 0.0196. The van der Waals surface area contributed by atoms with Crippen LogP contribution in [0.2, 0.25) is 0 Å². The number of fused-ring (bicyclic) bond motifs is 1. The van der Waals surface area contributed by atoms with Crippen LogP contribution in [0.25, 0.3) is 16.6 Å². The highest BCUT2D eigenvalue weighted by molar-refractivity contribution is 6.11. The van der Waals surface area contributed by atoms with E-state index in [4.69, 9.17) is 11.5 Å². The number of primary amides is 1. The summed E-state index contributed by atoms with van der Waals surface area (Å²) in [5, 5.41) is 10.3. The molecule has 0 aliphatic rings. The number of nitrogens with two attached hydrogens (primary N) is 2. The average Bonchev–Trinajstić information content (AvgIpc) is 2.85. The van der Waals surface area contributed by atoms with Crippen molar-refractivity contribution in [3.05, 3.63) is 46.5 Å². The molecule has 0 aliphatic heterocycles. The molecule has 2 heterocycles. The first kappa shape index (κ1) is 16.8. The Morgan fingerprint density at radius 1 is 1.36 bits per heavy atom. The van der Waals surface area contributed by atoms with Gasteiger partial charge in [0.2, 0.25) is 0 Å². The topological polar surface area (TPSA) is 107 Å². The predicted octanol–water partition coefficient (Wildman–Crippen LogP) is 2.73. The van der Waals surface area contributed by atoms with Gasteiger partial charge in [-0.1, -0.05) is 13.0 Å². The third-order valence-corrected chi connectivity index (χ3v) is 4.46. The van der Waals surface area contributed by atoms with Crippen LogP contribution >= 0.6 is 0 Å². The molecule has 5 N–H and O–H groups in total. The van der Waals surface area contributed by atoms with Gasteiger partial charge in [-0.2, -0.15) is 0 Å². The maximum absolute atomic E-state index is 15.1. The molecular weight excluding hydrogens is 323 g/mol. The fourth-order valence-corrected chi connectivity index (χ4v) is 3.19. The number of nitrogen functional groups attached to an aromatic ring is 1. The molecule has 3 aromatic rings. The van der Waals surface area contributed by atoms with E-state index in [0.29, 0.717) is 17.7 Å². The van der Waals surface area contributed by atoms with E-state index >= 15 is 4.39 Å². The number of anilines is 1. The number of hydrogen-bond acceptors (Lipinski definition) is 4. The monoisotopic (exact) mass is 342 g/mol. The fraction of sp³-hybridized carbons (Fsp3) is 0.222. The smallest absolute Gasteiger partial charge is 0.253 e. The fourth-order valence-electron chi connectivity index (χ4n) is 3.19. The molecule has 0 saturated carbocycles. The Hall–Kier alpha value is -3.09. The van der Waals surface area contributed by atoms with Gasteiger partial charge in [-0.25, -0.2) is 4.39 Å². The second-order valence-electron chi connectivity index (χ2n) is 5.97. The SMILES string of the molecule is CCc1ncc2c(C(N)=O)c(N)n(-c3c(C)ccc(O)c3C)c2c1F. The summed E-state index contributed by atoms with van der Waals surface area (Å²) >= 11 is 0. The van der Waals surface area contributed by atoms with Crippen LogP contribution in [0.4, 0.5) is 10.2 Å². The summed E-state index contributed by atoms with van der Waals surface area (Å²) in [5.74, 6) is -1.25. The highest BCUT2D eigenvalue weighted by atomic mass is 19.1. The van der Waals surface area contributed by atoms with Crippen LogP contribution in [0.5, 0.6) is 5.75 Å². The number of halogens is 1. The van der Waals surface area contributed by atoms with Gasteiger partial charge in [-0.3, -0.25) is 14.3 Å². The van der Waals surface area contributed by atoms with Crippen molar-refractivity contribution in [1.82, 2.24) is 9.55 Å². The Balaban J connectivity index is 2.58. The number of amides is 1. The van der Waals surface area contributed by atoms with Gasteiger partial charge in [0.1, 0.15) is 11.6 Å². The minimum Gasteiger partial charge on any atom is -0.508 e. The lowest BCUT2D eigenvalue weighted by atomic mass is 10.1. The third-order valence-electron chi connectivity index (χ3n) is 4.46. The quantitative estimate of drug-likeness (QED) is 0.680. The third kappa shape index (κ3) is 2.31. The second kappa shape index (κ2) is 5.77. The van der Waals surface area contributed by atoms with E-state index in [1.165, 1.54) is 10.8 Å².